The van der Waals surface area contributed by atoms with E-state index in [1.54, 1.807) is 54.6 Å². The molecule has 2 aromatic carbocycles. The lowest BCUT2D eigenvalue weighted by atomic mass is 10.1. The lowest BCUT2D eigenvalue weighted by Crippen LogP contribution is -2.52. The molecule has 1 amide bonds. The molecule has 1 saturated heterocycles. The maximum atomic E-state index is 12.7. The lowest BCUT2D eigenvalue weighted by molar-refractivity contribution is 0.0655. The first-order chi connectivity index (χ1) is 12.0. The molecular weight excluding hydrogens is 372 g/mol. The fourth-order valence-electron chi connectivity index (χ4n) is 3.03. The highest BCUT2D eigenvalue weighted by Gasteiger charge is 2.24. The van der Waals surface area contributed by atoms with Gasteiger partial charge in [0.25, 0.3) is 5.91 Å². The molecule has 5 nitrogen and oxygen atoms in total. The number of hydrogen-bond acceptors (Lipinski definition) is 4. The number of benzene rings is 2. The third kappa shape index (κ3) is 4.63. The van der Waals surface area contributed by atoms with Gasteiger partial charge < -0.3 is 10.2 Å². The summed E-state index contributed by atoms with van der Waals surface area (Å²) in [7, 11) is -3.43. The zero-order chi connectivity index (χ0) is 17.9. The number of sulfone groups is 1. The van der Waals surface area contributed by atoms with Crippen molar-refractivity contribution in [2.24, 2.45) is 0 Å². The van der Waals surface area contributed by atoms with Crippen LogP contribution in [0.4, 0.5) is 0 Å². The fraction of sp³-hybridized carbons (Fsp3) is 0.316. The molecule has 26 heavy (non-hydrogen) atoms. The van der Waals surface area contributed by atoms with Gasteiger partial charge >= 0.3 is 0 Å². The summed E-state index contributed by atoms with van der Waals surface area (Å²) in [5.41, 5.74) is 1.16. The van der Waals surface area contributed by atoms with Gasteiger partial charge in [0.2, 0.25) is 0 Å². The van der Waals surface area contributed by atoms with Gasteiger partial charge in [0.1, 0.15) is 0 Å². The van der Waals surface area contributed by atoms with Crippen LogP contribution >= 0.6 is 12.4 Å². The molecule has 0 aromatic heterocycles. The summed E-state index contributed by atoms with van der Waals surface area (Å²) in [4.78, 5) is 14.9. The van der Waals surface area contributed by atoms with Crippen molar-refractivity contribution in [3.8, 4) is 0 Å². The number of carbonyl (C=O) groups is 1. The Morgan fingerprint density at radius 3 is 2.58 bits per heavy atom. The molecule has 1 heterocycles. The third-order valence-electron chi connectivity index (χ3n) is 4.40. The van der Waals surface area contributed by atoms with E-state index in [4.69, 9.17) is 0 Å². The molecule has 2 aromatic rings. The van der Waals surface area contributed by atoms with Gasteiger partial charge in [-0.2, -0.15) is 0 Å². The van der Waals surface area contributed by atoms with E-state index >= 15 is 0 Å². The smallest absolute Gasteiger partial charge is 0.254 e. The second kappa shape index (κ2) is 8.66. The van der Waals surface area contributed by atoms with Crippen LogP contribution < -0.4 is 5.32 Å². The number of carbonyl (C=O) groups excluding carboxylic acids is 1. The van der Waals surface area contributed by atoms with E-state index in [9.17, 15) is 13.2 Å². The predicted molar refractivity (Wildman–Crippen MR) is 104 cm³/mol. The average molecular weight is 395 g/mol. The molecule has 7 heteroatoms. The van der Waals surface area contributed by atoms with Crippen LogP contribution in [0.5, 0.6) is 0 Å². The molecule has 0 aliphatic carbocycles. The molecule has 140 valence electrons. The Kier molecular flexibility index (Phi) is 6.81. The van der Waals surface area contributed by atoms with E-state index in [1.165, 1.54) is 0 Å². The van der Waals surface area contributed by atoms with E-state index in [1.807, 2.05) is 11.8 Å². The topological polar surface area (TPSA) is 66.5 Å². The number of hydrogen-bond donors (Lipinski definition) is 1. The second-order valence-electron chi connectivity index (χ2n) is 6.32. The van der Waals surface area contributed by atoms with E-state index in [2.05, 4.69) is 5.32 Å². The number of nitrogens with zero attached hydrogens (tertiary/aromatic N) is 1. The number of amides is 1. The highest BCUT2D eigenvalue weighted by atomic mass is 35.5. The van der Waals surface area contributed by atoms with E-state index < -0.39 is 9.84 Å². The monoisotopic (exact) mass is 394 g/mol. The molecule has 1 fully saturated rings. The van der Waals surface area contributed by atoms with E-state index in [0.29, 0.717) is 22.6 Å². The Morgan fingerprint density at radius 2 is 1.88 bits per heavy atom. The molecular formula is C19H23ClN2O3S. The van der Waals surface area contributed by atoms with Crippen LogP contribution in [0.2, 0.25) is 0 Å². The van der Waals surface area contributed by atoms with Crippen LogP contribution in [0.25, 0.3) is 0 Å². The molecule has 0 spiro atoms. The van der Waals surface area contributed by atoms with Gasteiger partial charge in [0.15, 0.2) is 9.84 Å². The van der Waals surface area contributed by atoms with Crippen molar-refractivity contribution in [1.29, 1.82) is 0 Å². The molecule has 1 aliphatic rings. The van der Waals surface area contributed by atoms with Crippen LogP contribution in [0, 0.1) is 0 Å². The number of piperazine rings is 1. The van der Waals surface area contributed by atoms with Crippen molar-refractivity contribution >= 4 is 28.2 Å². The van der Waals surface area contributed by atoms with Gasteiger partial charge in [-0.15, -0.1) is 12.4 Å². The Bertz CT molecular complexity index is 856. The summed E-state index contributed by atoms with van der Waals surface area (Å²) >= 11 is 0. The van der Waals surface area contributed by atoms with Crippen molar-refractivity contribution in [2.75, 3.05) is 19.6 Å². The van der Waals surface area contributed by atoms with Gasteiger partial charge in [0.05, 0.1) is 10.6 Å². The highest BCUT2D eigenvalue weighted by Crippen LogP contribution is 2.18. The van der Waals surface area contributed by atoms with E-state index in [-0.39, 0.29) is 30.1 Å². The third-order valence-corrected chi connectivity index (χ3v) is 6.10. The Balaban J connectivity index is 0.00000243. The minimum absolute atomic E-state index is 0. The van der Waals surface area contributed by atoms with Crippen molar-refractivity contribution < 1.29 is 13.2 Å². The Morgan fingerprint density at radius 1 is 1.15 bits per heavy atom. The zero-order valence-corrected chi connectivity index (χ0v) is 16.2. The summed E-state index contributed by atoms with van der Waals surface area (Å²) in [6.45, 7) is 4.21. The molecule has 1 N–H and O–H groups in total. The minimum atomic E-state index is -3.43. The predicted octanol–water partition coefficient (Wildman–Crippen LogP) is 2.52. The van der Waals surface area contributed by atoms with Gasteiger partial charge in [-0.1, -0.05) is 30.3 Å². The first kappa shape index (κ1) is 20.4. The van der Waals surface area contributed by atoms with Crippen molar-refractivity contribution in [3.05, 3.63) is 65.7 Å². The van der Waals surface area contributed by atoms with Gasteiger partial charge in [-0.25, -0.2) is 8.42 Å². The number of rotatable bonds is 4. The number of nitrogens with one attached hydrogen (secondary N) is 1. The standard InChI is InChI=1S/C19H22N2O3S.ClH/c1-15-13-20-10-11-21(15)19(22)17-7-5-6-16(12-17)14-25(23,24)18-8-3-2-4-9-18;/h2-9,12,15,20H,10-11,13-14H2,1H3;1H/t15-;/m1./s1. The van der Waals surface area contributed by atoms with Crippen molar-refractivity contribution in [1.82, 2.24) is 10.2 Å². The largest absolute Gasteiger partial charge is 0.333 e. The first-order valence-electron chi connectivity index (χ1n) is 8.36. The second-order valence-corrected chi connectivity index (χ2v) is 8.31. The molecule has 3 rings (SSSR count). The van der Waals surface area contributed by atoms with Crippen LogP contribution in [0.15, 0.2) is 59.5 Å². The molecule has 1 atom stereocenters. The van der Waals surface area contributed by atoms with Gasteiger partial charge in [-0.3, -0.25) is 4.79 Å². The summed E-state index contributed by atoms with van der Waals surface area (Å²) in [5.74, 6) is -0.164. The maximum Gasteiger partial charge on any atom is 0.254 e. The average Bonchev–Trinajstić information content (AvgIpc) is 2.62. The van der Waals surface area contributed by atoms with E-state index in [0.717, 1.165) is 13.1 Å². The summed E-state index contributed by atoms with van der Waals surface area (Å²) in [5, 5.41) is 3.26. The van der Waals surface area contributed by atoms with Gasteiger partial charge in [-0.05, 0) is 36.8 Å². The summed E-state index contributed by atoms with van der Waals surface area (Å²) in [6, 6.07) is 15.4. The summed E-state index contributed by atoms with van der Waals surface area (Å²) < 4.78 is 25.1. The highest BCUT2D eigenvalue weighted by molar-refractivity contribution is 7.90. The molecule has 0 unspecified atom stereocenters. The van der Waals surface area contributed by atoms with Crippen LogP contribution in [-0.2, 0) is 15.6 Å². The molecule has 0 saturated carbocycles. The van der Waals surface area contributed by atoms with Gasteiger partial charge in [0, 0.05) is 31.2 Å². The summed E-state index contributed by atoms with van der Waals surface area (Å²) in [6.07, 6.45) is 0. The quantitative estimate of drug-likeness (QED) is 0.865. The van der Waals surface area contributed by atoms with Crippen LogP contribution in [-0.4, -0.2) is 44.9 Å². The van der Waals surface area contributed by atoms with Crippen LogP contribution in [0.1, 0.15) is 22.8 Å². The Labute approximate surface area is 160 Å². The van der Waals surface area contributed by atoms with Crippen molar-refractivity contribution in [3.63, 3.8) is 0 Å². The lowest BCUT2D eigenvalue weighted by Gasteiger charge is -2.34. The molecule has 0 radical (unpaired) electrons. The SMILES string of the molecule is C[C@@H]1CNCCN1C(=O)c1cccc(CS(=O)(=O)c2ccccc2)c1.Cl. The fourth-order valence-corrected chi connectivity index (χ4v) is 4.39. The maximum absolute atomic E-state index is 12.7. The molecule has 0 bridgehead atoms. The van der Waals surface area contributed by atoms with Crippen molar-refractivity contribution in [2.45, 2.75) is 23.6 Å². The van der Waals surface area contributed by atoms with Crippen LogP contribution in [0.3, 0.4) is 0 Å². The number of halogens is 1. The first-order valence-corrected chi connectivity index (χ1v) is 10.0. The Hall–Kier alpha value is -1.89. The molecule has 1 aliphatic heterocycles. The normalized spacial score (nSPS) is 17.4. The zero-order valence-electron chi connectivity index (χ0n) is 14.6. The minimum Gasteiger partial charge on any atom is -0.333 e.